The van der Waals surface area contributed by atoms with Gasteiger partial charge in [-0.05, 0) is 55.0 Å². The van der Waals surface area contributed by atoms with E-state index in [1.54, 1.807) is 13.2 Å². The van der Waals surface area contributed by atoms with E-state index in [-0.39, 0.29) is 12.3 Å². The summed E-state index contributed by atoms with van der Waals surface area (Å²) < 4.78 is 5.37. The first-order valence-corrected chi connectivity index (χ1v) is 12.5. The fourth-order valence-corrected chi connectivity index (χ4v) is 4.89. The average molecular weight is 500 g/mol. The Kier molecular flexibility index (Phi) is 6.82. The third-order valence-electron chi connectivity index (χ3n) is 7.08. The average Bonchev–Trinajstić information content (AvgIpc) is 3.61. The van der Waals surface area contributed by atoms with Crippen LogP contribution in [0, 0.1) is 23.2 Å². The molecule has 0 bridgehead atoms. The Bertz CT molecular complexity index is 1390. The van der Waals surface area contributed by atoms with Gasteiger partial charge >= 0.3 is 0 Å². The number of ether oxygens (including phenoxy) is 1. The number of nitrogens with one attached hydrogen (secondary N) is 4. The number of benzene rings is 2. The summed E-state index contributed by atoms with van der Waals surface area (Å²) in [7, 11) is 1.57. The molecule has 9 nitrogen and oxygen atoms in total. The van der Waals surface area contributed by atoms with Crippen LogP contribution in [-0.4, -0.2) is 41.9 Å². The van der Waals surface area contributed by atoms with Crippen molar-refractivity contribution >= 4 is 34.3 Å². The summed E-state index contributed by atoms with van der Waals surface area (Å²) in [5.41, 5.74) is 2.86. The third-order valence-corrected chi connectivity index (χ3v) is 7.08. The molecule has 1 aromatic heterocycles. The van der Waals surface area contributed by atoms with Gasteiger partial charge in [-0.1, -0.05) is 37.1 Å². The van der Waals surface area contributed by atoms with E-state index in [1.807, 2.05) is 42.5 Å². The van der Waals surface area contributed by atoms with E-state index in [2.05, 4.69) is 27.0 Å². The fourth-order valence-electron chi connectivity index (χ4n) is 4.89. The number of carbonyl (C=O) groups excluding carboxylic acids is 3. The second kappa shape index (κ2) is 10.3. The number of nitriles is 1. The van der Waals surface area contributed by atoms with E-state index in [0.29, 0.717) is 30.2 Å². The zero-order chi connectivity index (χ0) is 25.9. The van der Waals surface area contributed by atoms with Crippen molar-refractivity contribution in [2.75, 3.05) is 12.4 Å². The van der Waals surface area contributed by atoms with Crippen LogP contribution in [0.4, 0.5) is 5.69 Å². The van der Waals surface area contributed by atoms with Crippen LogP contribution in [0.5, 0.6) is 5.75 Å². The number of rotatable bonds is 9. The molecule has 0 spiro atoms. The SMILES string of the molecule is COc1cccc2[nH]c(C(=O)N[C@@H](CC3CC3)C(=O)N[C@H](C#N)C[C@@H]3Cc4ccccc4NC3=O)cc12. The Labute approximate surface area is 214 Å². The second-order valence-electron chi connectivity index (χ2n) is 9.78. The molecule has 37 heavy (non-hydrogen) atoms. The van der Waals surface area contributed by atoms with Gasteiger partial charge in [0.2, 0.25) is 11.8 Å². The number of amides is 3. The van der Waals surface area contributed by atoms with E-state index in [4.69, 9.17) is 4.74 Å². The number of aromatic nitrogens is 1. The quantitative estimate of drug-likeness (QED) is 0.358. The summed E-state index contributed by atoms with van der Waals surface area (Å²) in [6.45, 7) is 0. The van der Waals surface area contributed by atoms with Crippen LogP contribution >= 0.6 is 0 Å². The van der Waals surface area contributed by atoms with Crippen LogP contribution in [0.2, 0.25) is 0 Å². The van der Waals surface area contributed by atoms with Crippen molar-refractivity contribution in [3.63, 3.8) is 0 Å². The monoisotopic (exact) mass is 499 g/mol. The van der Waals surface area contributed by atoms with Gasteiger partial charge in [-0.25, -0.2) is 0 Å². The zero-order valence-corrected chi connectivity index (χ0v) is 20.5. The molecule has 4 N–H and O–H groups in total. The number of anilines is 1. The lowest BCUT2D eigenvalue weighted by atomic mass is 9.88. The van der Waals surface area contributed by atoms with Crippen LogP contribution in [-0.2, 0) is 16.0 Å². The number of fused-ring (bicyclic) bond motifs is 2. The first-order valence-electron chi connectivity index (χ1n) is 12.5. The summed E-state index contributed by atoms with van der Waals surface area (Å²) in [6.07, 6.45) is 3.20. The van der Waals surface area contributed by atoms with Crippen LogP contribution in [0.1, 0.15) is 41.7 Å². The van der Waals surface area contributed by atoms with Gasteiger partial charge in [-0.15, -0.1) is 0 Å². The standard InChI is InChI=1S/C28H29N5O4/c1-37-25-8-4-7-22-20(25)14-24(31-22)28(36)33-23(11-16-9-10-16)27(35)30-19(15-29)13-18-12-17-5-2-3-6-21(17)32-26(18)34/h2-8,14,16,18-19,23,31H,9-13H2,1H3,(H,30,35)(H,32,34)(H,33,36)/t18-,19-,23-/m0/s1. The summed E-state index contributed by atoms with van der Waals surface area (Å²) in [4.78, 5) is 42.0. The largest absolute Gasteiger partial charge is 0.496 e. The number of methoxy groups -OCH3 is 1. The zero-order valence-electron chi connectivity index (χ0n) is 20.5. The lowest BCUT2D eigenvalue weighted by Crippen LogP contribution is -2.50. The van der Waals surface area contributed by atoms with E-state index in [1.165, 1.54) is 0 Å². The first kappa shape index (κ1) is 24.4. The second-order valence-corrected chi connectivity index (χ2v) is 9.78. The Balaban J connectivity index is 1.26. The van der Waals surface area contributed by atoms with Gasteiger partial charge in [0.25, 0.3) is 5.91 Å². The number of carbonyl (C=O) groups is 3. The molecule has 3 atom stereocenters. The van der Waals surface area contributed by atoms with E-state index in [0.717, 1.165) is 35.0 Å². The molecule has 9 heteroatoms. The van der Waals surface area contributed by atoms with Crippen molar-refractivity contribution in [1.29, 1.82) is 5.26 Å². The molecule has 190 valence electrons. The lowest BCUT2D eigenvalue weighted by Gasteiger charge is -2.27. The molecule has 3 aromatic rings. The highest BCUT2D eigenvalue weighted by Crippen LogP contribution is 2.34. The number of H-pyrrole nitrogens is 1. The Hall–Kier alpha value is -4.32. The molecule has 0 saturated heterocycles. The molecule has 3 amide bonds. The minimum absolute atomic E-state index is 0.162. The minimum atomic E-state index is -0.857. The maximum atomic E-state index is 13.2. The van der Waals surface area contributed by atoms with Crippen LogP contribution in [0.3, 0.4) is 0 Å². The molecule has 1 aliphatic heterocycles. The van der Waals surface area contributed by atoms with Crippen molar-refractivity contribution in [3.8, 4) is 11.8 Å². The summed E-state index contributed by atoms with van der Waals surface area (Å²) in [6, 6.07) is 15.2. The highest BCUT2D eigenvalue weighted by atomic mass is 16.5. The van der Waals surface area contributed by atoms with Gasteiger partial charge in [0.05, 0.1) is 13.2 Å². The molecule has 2 aliphatic rings. The molecule has 1 fully saturated rings. The number of nitrogens with zero attached hydrogens (tertiary/aromatic N) is 1. The molecular weight excluding hydrogens is 470 g/mol. The Morgan fingerprint density at radius 1 is 1.14 bits per heavy atom. The topological polar surface area (TPSA) is 136 Å². The molecular formula is C28H29N5O4. The highest BCUT2D eigenvalue weighted by molar-refractivity contribution is 6.01. The number of hydrogen-bond acceptors (Lipinski definition) is 5. The maximum absolute atomic E-state index is 13.2. The van der Waals surface area contributed by atoms with E-state index >= 15 is 0 Å². The van der Waals surface area contributed by atoms with Crippen molar-refractivity contribution in [1.82, 2.24) is 15.6 Å². The molecule has 1 saturated carbocycles. The van der Waals surface area contributed by atoms with E-state index in [9.17, 15) is 19.6 Å². The smallest absolute Gasteiger partial charge is 0.268 e. The number of aromatic amines is 1. The summed E-state index contributed by atoms with van der Waals surface area (Å²) in [5, 5.41) is 19.0. The van der Waals surface area contributed by atoms with Gasteiger partial charge < -0.3 is 25.7 Å². The van der Waals surface area contributed by atoms with Crippen molar-refractivity contribution in [2.45, 2.75) is 44.2 Å². The van der Waals surface area contributed by atoms with Crippen LogP contribution in [0.25, 0.3) is 10.9 Å². The molecule has 0 unspecified atom stereocenters. The van der Waals surface area contributed by atoms with Gasteiger partial charge in [0.15, 0.2) is 0 Å². The van der Waals surface area contributed by atoms with Gasteiger partial charge in [0.1, 0.15) is 23.5 Å². The molecule has 0 radical (unpaired) electrons. The molecule has 2 aromatic carbocycles. The summed E-state index contributed by atoms with van der Waals surface area (Å²) in [5.74, 6) is -0.415. The molecule has 5 rings (SSSR count). The normalized spacial score (nSPS) is 18.2. The van der Waals surface area contributed by atoms with Crippen molar-refractivity contribution in [3.05, 3.63) is 59.8 Å². The van der Waals surface area contributed by atoms with Crippen molar-refractivity contribution in [2.24, 2.45) is 11.8 Å². The van der Waals surface area contributed by atoms with Crippen LogP contribution < -0.4 is 20.7 Å². The number of hydrogen-bond donors (Lipinski definition) is 4. The van der Waals surface area contributed by atoms with Gasteiger partial charge in [-0.3, -0.25) is 14.4 Å². The predicted octanol–water partition coefficient (Wildman–Crippen LogP) is 3.28. The fraction of sp³-hybridized carbons (Fsp3) is 0.357. The maximum Gasteiger partial charge on any atom is 0.268 e. The minimum Gasteiger partial charge on any atom is -0.496 e. The molecule has 2 heterocycles. The Morgan fingerprint density at radius 3 is 2.70 bits per heavy atom. The highest BCUT2D eigenvalue weighted by Gasteiger charge is 2.34. The predicted molar refractivity (Wildman–Crippen MR) is 138 cm³/mol. The van der Waals surface area contributed by atoms with Gasteiger partial charge in [-0.2, -0.15) is 5.26 Å². The number of para-hydroxylation sites is 1. The Morgan fingerprint density at radius 2 is 1.95 bits per heavy atom. The van der Waals surface area contributed by atoms with Crippen molar-refractivity contribution < 1.29 is 19.1 Å². The molecule has 1 aliphatic carbocycles. The van der Waals surface area contributed by atoms with E-state index < -0.39 is 29.8 Å². The first-order chi connectivity index (χ1) is 17.9. The third kappa shape index (κ3) is 5.43. The van der Waals surface area contributed by atoms with Crippen LogP contribution in [0.15, 0.2) is 48.5 Å². The van der Waals surface area contributed by atoms with Gasteiger partial charge in [0, 0.05) is 22.5 Å². The lowest BCUT2D eigenvalue weighted by molar-refractivity contribution is -0.124. The summed E-state index contributed by atoms with van der Waals surface area (Å²) >= 11 is 0.